The Morgan fingerprint density at radius 1 is 0.442 bits per heavy atom. The molecule has 0 spiro atoms. The summed E-state index contributed by atoms with van der Waals surface area (Å²) >= 11 is 0. The Morgan fingerprint density at radius 3 is 1.59 bits per heavy atom. The fourth-order valence-corrected chi connectivity index (χ4v) is 19.8. The molecule has 8 aromatic rings. The Labute approximate surface area is 487 Å². The normalized spacial score (nSPS) is 16.4. The molecule has 0 heterocycles. The van der Waals surface area contributed by atoms with Gasteiger partial charge in [-0.05, 0) is 120 Å². The van der Waals surface area contributed by atoms with Gasteiger partial charge in [-0.15, -0.1) is 0 Å². The Morgan fingerprint density at radius 2 is 0.977 bits per heavy atom. The highest BCUT2D eigenvalue weighted by Gasteiger charge is 2.37. The minimum atomic E-state index is -5.60. The van der Waals surface area contributed by atoms with E-state index in [1.807, 2.05) is 12.1 Å². The summed E-state index contributed by atoms with van der Waals surface area (Å²) < 4.78 is 182. The smallest absolute Gasteiger partial charge is 0.302 e. The Hall–Kier alpha value is -4.83. The van der Waals surface area contributed by atoms with Crippen LogP contribution in [0.2, 0.25) is 0 Å². The number of hydrogen-bond acceptors (Lipinski definition) is 18. The molecular weight excluding hydrogens is 1310 g/mol. The monoisotopic (exact) mass is 1360 g/mol. The SMILES string of the molecule is O=P(O)(O)OP(=O)(O)OCCS(=O)(=O)c1cc2c3c(ccc4c3c1C=CC4)CC(c1ccc3c(S(=O)(=O)CCOP(=O)(O)OP(=O)(O)O)cc4c(-c5ccc6c(S(=O)(=O)CCOP(=O)(O)OP(=O)(O)O)c7ccccc7cc6c5)cccc4c3c1)=C2. The quantitative estimate of drug-likeness (QED) is 0.0164. The summed E-state index contributed by atoms with van der Waals surface area (Å²) in [7, 11) is -46.5. The summed E-state index contributed by atoms with van der Waals surface area (Å²) in [5.41, 5.74) is 4.28. The number of rotatable bonds is 23. The second-order valence-corrected chi connectivity index (χ2v) is 34.1. The van der Waals surface area contributed by atoms with Crippen LogP contribution in [0, 0.1) is 0 Å². The van der Waals surface area contributed by atoms with Crippen molar-refractivity contribution in [1.82, 2.24) is 0 Å². The molecule has 9 N–H and O–H groups in total. The molecule has 2 aliphatic carbocycles. The van der Waals surface area contributed by atoms with Crippen LogP contribution in [-0.2, 0) is 96.2 Å². The Balaban J connectivity index is 1.10. The molecule has 8 aromatic carbocycles. The first-order valence-corrected chi connectivity index (χ1v) is 38.8. The molecule has 0 bridgehead atoms. The molecule has 86 heavy (non-hydrogen) atoms. The molecule has 456 valence electrons. The molecule has 3 atom stereocenters. The Kier molecular flexibility index (Phi) is 17.3. The second kappa shape index (κ2) is 23.2. The minimum absolute atomic E-state index is 0.128. The largest absolute Gasteiger partial charge is 0.481 e. The van der Waals surface area contributed by atoms with E-state index in [-0.39, 0.29) is 37.3 Å². The van der Waals surface area contributed by atoms with Gasteiger partial charge in [0.15, 0.2) is 29.5 Å². The molecule has 2 aliphatic rings. The van der Waals surface area contributed by atoms with E-state index >= 15 is 0 Å². The third-order valence-electron chi connectivity index (χ3n) is 13.7. The van der Waals surface area contributed by atoms with E-state index in [0.29, 0.717) is 72.1 Å². The van der Waals surface area contributed by atoms with Crippen molar-refractivity contribution >= 4 is 148 Å². The number of hydrogen-bond donors (Lipinski definition) is 9. The van der Waals surface area contributed by atoms with E-state index < -0.39 is 114 Å². The highest BCUT2D eigenvalue weighted by Crippen LogP contribution is 2.59. The van der Waals surface area contributed by atoms with Gasteiger partial charge in [0.1, 0.15) is 0 Å². The predicted molar refractivity (Wildman–Crippen MR) is 313 cm³/mol. The number of allylic oxidation sites excluding steroid dienone is 2. The van der Waals surface area contributed by atoms with Crippen LogP contribution in [0.5, 0.6) is 0 Å². The summed E-state index contributed by atoms with van der Waals surface area (Å²) in [6.45, 7) is -3.13. The zero-order valence-corrected chi connectivity index (χ0v) is 51.4. The Bertz CT molecular complexity index is 4940. The first kappa shape index (κ1) is 64.2. The first-order valence-electron chi connectivity index (χ1n) is 24.7. The molecule has 0 fully saturated rings. The maximum absolute atomic E-state index is 14.6. The van der Waals surface area contributed by atoms with Gasteiger partial charge in [0, 0.05) is 21.7 Å². The van der Waals surface area contributed by atoms with Gasteiger partial charge in [-0.2, -0.15) is 12.9 Å². The highest BCUT2D eigenvalue weighted by atomic mass is 32.2. The molecule has 0 saturated carbocycles. The molecule has 0 radical (unpaired) electrons. The van der Waals surface area contributed by atoms with Crippen molar-refractivity contribution < 1.29 is 123 Å². The summed E-state index contributed by atoms with van der Waals surface area (Å²) in [4.78, 5) is 83.2. The second-order valence-electron chi connectivity index (χ2n) is 19.4. The van der Waals surface area contributed by atoms with Crippen molar-refractivity contribution in [1.29, 1.82) is 0 Å². The number of sulfone groups is 3. The fourth-order valence-electron chi connectivity index (χ4n) is 10.5. The van der Waals surface area contributed by atoms with Crippen LogP contribution < -0.4 is 0 Å². The summed E-state index contributed by atoms with van der Waals surface area (Å²) in [5.74, 6) is -2.92. The van der Waals surface area contributed by atoms with Gasteiger partial charge in [-0.3, -0.25) is 13.6 Å². The number of phosphoric acid groups is 6. The van der Waals surface area contributed by atoms with Crippen molar-refractivity contribution in [2.45, 2.75) is 27.5 Å². The van der Waals surface area contributed by atoms with Gasteiger partial charge in [0.05, 0.1) is 51.8 Å². The lowest BCUT2D eigenvalue weighted by atomic mass is 9.81. The summed E-state index contributed by atoms with van der Waals surface area (Å²) in [6.07, 6.45) is 5.86. The topological polar surface area (TPSA) is 442 Å². The lowest BCUT2D eigenvalue weighted by Crippen LogP contribution is -2.15. The van der Waals surface area contributed by atoms with Crippen molar-refractivity contribution in [2.75, 3.05) is 37.1 Å². The van der Waals surface area contributed by atoms with Crippen molar-refractivity contribution in [3.63, 3.8) is 0 Å². The molecule has 0 saturated heterocycles. The highest BCUT2D eigenvalue weighted by molar-refractivity contribution is 7.92. The van der Waals surface area contributed by atoms with Crippen LogP contribution in [-0.4, -0.2) is 106 Å². The van der Waals surface area contributed by atoms with Gasteiger partial charge in [0.25, 0.3) is 0 Å². The van der Waals surface area contributed by atoms with Gasteiger partial charge >= 0.3 is 46.9 Å². The average molecular weight is 1360 g/mol. The van der Waals surface area contributed by atoms with Crippen LogP contribution in [0.25, 0.3) is 82.7 Å². The standard InChI is InChI=1S/C50H46O27P6S3/c51-78(52,53)75-81(60,61)72-17-20-84(66,67)46-28-37-26-35(25-34-12-11-30-6-3-10-43(46)49(30)48(34)37)31-13-16-42-44(27-31)41-9-4-8-38(45(41)29-47(42)85(68,69)21-18-73-82(62,63)76-79(54,55)56)33-14-15-40-36(24-33)23-32-5-1-2-7-39(32)50(40)86(70,71)22-19-74-83(64,65)77-80(57,58)59/h1-5,7-16,23-24,26-29H,6,17-22,25H2,(H,60,61)(H,62,63)(H,64,65)(H2,51,52,53)(H2,54,55,56)(H2,57,58,59). The lowest BCUT2D eigenvalue weighted by Gasteiger charge is -2.25. The van der Waals surface area contributed by atoms with Gasteiger partial charge in [-0.25, -0.2) is 52.6 Å². The molecule has 27 nitrogen and oxygen atoms in total. The average Bonchev–Trinajstić information content (AvgIpc) is 0.770. The van der Waals surface area contributed by atoms with Crippen LogP contribution in [0.4, 0.5) is 0 Å². The zero-order chi connectivity index (χ0) is 62.4. The van der Waals surface area contributed by atoms with E-state index in [1.165, 1.54) is 30.3 Å². The van der Waals surface area contributed by atoms with Crippen molar-refractivity contribution in [2.24, 2.45) is 0 Å². The van der Waals surface area contributed by atoms with E-state index in [1.54, 1.807) is 85.0 Å². The number of phosphoric ester groups is 3. The lowest BCUT2D eigenvalue weighted by molar-refractivity contribution is 0.182. The van der Waals surface area contributed by atoms with E-state index in [4.69, 9.17) is 29.4 Å². The maximum atomic E-state index is 14.6. The number of benzene rings is 8. The van der Waals surface area contributed by atoms with Crippen LogP contribution >= 0.6 is 46.9 Å². The number of fused-ring (bicyclic) bond motifs is 5. The molecule has 0 amide bonds. The molecule has 36 heteroatoms. The molecule has 0 aliphatic heterocycles. The van der Waals surface area contributed by atoms with E-state index in [0.717, 1.165) is 16.5 Å². The predicted octanol–water partition coefficient (Wildman–Crippen LogP) is 8.79. The zero-order valence-electron chi connectivity index (χ0n) is 43.6. The van der Waals surface area contributed by atoms with Gasteiger partial charge in [-0.1, -0.05) is 97.1 Å². The first-order chi connectivity index (χ1) is 39.9. The molecule has 3 unspecified atom stereocenters. The van der Waals surface area contributed by atoms with E-state index in [2.05, 4.69) is 26.5 Å². The maximum Gasteiger partial charge on any atom is 0.481 e. The third-order valence-corrected chi connectivity index (χ3v) is 25.4. The van der Waals surface area contributed by atoms with Gasteiger partial charge in [0.2, 0.25) is 0 Å². The molecular formula is C50H46O27P6S3. The summed E-state index contributed by atoms with van der Waals surface area (Å²) in [5, 5.41) is 3.73. The summed E-state index contributed by atoms with van der Waals surface area (Å²) in [6, 6.07) is 29.2. The fraction of sp³-hybridized carbons (Fsp3) is 0.160. The van der Waals surface area contributed by atoms with Crippen molar-refractivity contribution in [3.8, 4) is 11.1 Å². The van der Waals surface area contributed by atoms with Crippen LogP contribution in [0.3, 0.4) is 0 Å². The van der Waals surface area contributed by atoms with Crippen molar-refractivity contribution in [3.05, 3.63) is 143 Å². The van der Waals surface area contributed by atoms with E-state index in [9.17, 15) is 67.3 Å². The molecule has 0 aromatic heterocycles. The van der Waals surface area contributed by atoms with Gasteiger partial charge < -0.3 is 44.0 Å². The molecule has 10 rings (SSSR count). The van der Waals surface area contributed by atoms with Crippen LogP contribution in [0.15, 0.2) is 130 Å². The van der Waals surface area contributed by atoms with Crippen LogP contribution in [0.1, 0.15) is 27.8 Å². The minimum Gasteiger partial charge on any atom is -0.302 e. The third kappa shape index (κ3) is 14.1.